The molecular weight excluding hydrogens is 276 g/mol. The second-order valence-corrected chi connectivity index (χ2v) is 4.82. The first-order valence-electron chi connectivity index (χ1n) is 6.59. The average molecular weight is 292 g/mol. The molecule has 0 spiro atoms. The van der Waals surface area contributed by atoms with Gasteiger partial charge in [-0.2, -0.15) is 0 Å². The summed E-state index contributed by atoms with van der Waals surface area (Å²) in [6.07, 6.45) is 0.981. The third-order valence-electron chi connectivity index (χ3n) is 3.33. The first-order chi connectivity index (χ1) is 9.99. The molecule has 0 saturated heterocycles. The lowest BCUT2D eigenvalue weighted by molar-refractivity contribution is -0.145. The van der Waals surface area contributed by atoms with Crippen LogP contribution in [0.1, 0.15) is 18.4 Å². The number of carbonyl (C=O) groups excluding carboxylic acids is 1. The second kappa shape index (κ2) is 6.25. The summed E-state index contributed by atoms with van der Waals surface area (Å²) in [5.74, 6) is -2.64. The summed E-state index contributed by atoms with van der Waals surface area (Å²) < 4.78 is 0. The Labute approximate surface area is 121 Å². The summed E-state index contributed by atoms with van der Waals surface area (Å²) in [7, 11) is 0. The smallest absolute Gasteiger partial charge is 0.326 e. The third-order valence-corrected chi connectivity index (χ3v) is 3.33. The number of amides is 2. The van der Waals surface area contributed by atoms with Crippen molar-refractivity contribution in [2.24, 2.45) is 0 Å². The van der Waals surface area contributed by atoms with Gasteiger partial charge in [0.2, 0.25) is 0 Å². The first-order valence-corrected chi connectivity index (χ1v) is 6.59. The third kappa shape index (κ3) is 3.50. The highest BCUT2D eigenvalue weighted by Crippen LogP contribution is 2.26. The number of hydrogen-bond acceptors (Lipinski definition) is 3. The van der Waals surface area contributed by atoms with Crippen LogP contribution in [0.25, 0.3) is 0 Å². The van der Waals surface area contributed by atoms with Crippen LogP contribution in [0.4, 0.5) is 10.5 Å². The fraction of sp³-hybridized carbons (Fsp3) is 0.357. The molecule has 3 N–H and O–H groups in total. The topological polar surface area (TPSA) is 107 Å². The molecule has 0 fully saturated rings. The number of benzene rings is 1. The van der Waals surface area contributed by atoms with Crippen molar-refractivity contribution in [2.45, 2.75) is 25.3 Å². The van der Waals surface area contributed by atoms with E-state index in [-0.39, 0.29) is 0 Å². The Morgan fingerprint density at radius 1 is 1.24 bits per heavy atom. The minimum atomic E-state index is -1.44. The van der Waals surface area contributed by atoms with Gasteiger partial charge in [0.1, 0.15) is 6.04 Å². The van der Waals surface area contributed by atoms with E-state index in [1.165, 1.54) is 4.90 Å². The fourth-order valence-corrected chi connectivity index (χ4v) is 2.35. The lowest BCUT2D eigenvalue weighted by Gasteiger charge is -2.30. The van der Waals surface area contributed by atoms with Crippen molar-refractivity contribution in [1.82, 2.24) is 5.32 Å². The Bertz CT molecular complexity index is 572. The fourth-order valence-electron chi connectivity index (χ4n) is 2.35. The SMILES string of the molecule is O=C(O)CC(NC(=O)N1CCCc2ccccc21)C(=O)O. The number of rotatable bonds is 4. The predicted molar refractivity (Wildman–Crippen MR) is 74.3 cm³/mol. The highest BCUT2D eigenvalue weighted by molar-refractivity contribution is 5.96. The maximum absolute atomic E-state index is 12.2. The molecular formula is C14H16N2O5. The van der Waals surface area contributed by atoms with Gasteiger partial charge in [-0.25, -0.2) is 9.59 Å². The van der Waals surface area contributed by atoms with Gasteiger partial charge in [-0.15, -0.1) is 0 Å². The molecule has 1 aliphatic rings. The van der Waals surface area contributed by atoms with Crippen molar-refractivity contribution < 1.29 is 24.6 Å². The normalized spacial score (nSPS) is 15.0. The summed E-state index contributed by atoms with van der Waals surface area (Å²) in [5.41, 5.74) is 1.75. The van der Waals surface area contributed by atoms with Crippen LogP contribution >= 0.6 is 0 Å². The molecule has 1 aliphatic heterocycles. The standard InChI is InChI=1S/C14H16N2O5/c17-12(18)8-10(13(19)20)15-14(21)16-7-3-5-9-4-1-2-6-11(9)16/h1-2,4,6,10H,3,5,7-8H2,(H,15,21)(H,17,18)(H,19,20). The summed E-state index contributed by atoms with van der Waals surface area (Å²) in [4.78, 5) is 35.3. The number of aryl methyl sites for hydroxylation is 1. The minimum Gasteiger partial charge on any atom is -0.481 e. The van der Waals surface area contributed by atoms with E-state index in [0.717, 1.165) is 24.1 Å². The van der Waals surface area contributed by atoms with E-state index < -0.39 is 30.4 Å². The van der Waals surface area contributed by atoms with E-state index >= 15 is 0 Å². The van der Waals surface area contributed by atoms with Crippen LogP contribution in [0.2, 0.25) is 0 Å². The maximum Gasteiger partial charge on any atom is 0.326 e. The van der Waals surface area contributed by atoms with Gasteiger partial charge < -0.3 is 15.5 Å². The van der Waals surface area contributed by atoms with Crippen molar-refractivity contribution in [3.05, 3.63) is 29.8 Å². The van der Waals surface area contributed by atoms with E-state index in [1.807, 2.05) is 12.1 Å². The largest absolute Gasteiger partial charge is 0.481 e. The van der Waals surface area contributed by atoms with Gasteiger partial charge in [-0.1, -0.05) is 18.2 Å². The zero-order valence-electron chi connectivity index (χ0n) is 11.3. The monoisotopic (exact) mass is 292 g/mol. The molecule has 1 atom stereocenters. The maximum atomic E-state index is 12.2. The molecule has 0 radical (unpaired) electrons. The predicted octanol–water partition coefficient (Wildman–Crippen LogP) is 1.08. The highest BCUT2D eigenvalue weighted by atomic mass is 16.4. The highest BCUT2D eigenvalue weighted by Gasteiger charge is 2.28. The molecule has 1 heterocycles. The van der Waals surface area contributed by atoms with E-state index in [9.17, 15) is 14.4 Å². The van der Waals surface area contributed by atoms with Crippen LogP contribution in [0.15, 0.2) is 24.3 Å². The molecule has 0 aromatic heterocycles. The number of para-hydroxylation sites is 1. The number of hydrogen-bond donors (Lipinski definition) is 3. The van der Waals surface area contributed by atoms with Crippen LogP contribution in [0.3, 0.4) is 0 Å². The van der Waals surface area contributed by atoms with Crippen LogP contribution in [-0.4, -0.2) is 40.8 Å². The van der Waals surface area contributed by atoms with Crippen molar-refractivity contribution >= 4 is 23.7 Å². The van der Waals surface area contributed by atoms with Crippen LogP contribution in [0, 0.1) is 0 Å². The summed E-state index contributed by atoms with van der Waals surface area (Å²) in [6.45, 7) is 0.474. The number of carboxylic acids is 2. The van der Waals surface area contributed by atoms with Crippen LogP contribution < -0.4 is 10.2 Å². The number of anilines is 1. The summed E-state index contributed by atoms with van der Waals surface area (Å²) in [6, 6.07) is 5.36. The zero-order valence-corrected chi connectivity index (χ0v) is 11.3. The Balaban J connectivity index is 2.13. The lowest BCUT2D eigenvalue weighted by atomic mass is 10.0. The first kappa shape index (κ1) is 14.8. The van der Waals surface area contributed by atoms with Crippen molar-refractivity contribution in [2.75, 3.05) is 11.4 Å². The Hall–Kier alpha value is -2.57. The Kier molecular flexibility index (Phi) is 4.42. The molecule has 1 aromatic carbocycles. The lowest BCUT2D eigenvalue weighted by Crippen LogP contribution is -2.50. The van der Waals surface area contributed by atoms with E-state index in [1.54, 1.807) is 12.1 Å². The molecule has 1 unspecified atom stereocenters. The molecule has 0 bridgehead atoms. The molecule has 2 rings (SSSR count). The van der Waals surface area contributed by atoms with E-state index in [0.29, 0.717) is 6.54 Å². The van der Waals surface area contributed by atoms with Gasteiger partial charge in [0, 0.05) is 12.2 Å². The number of fused-ring (bicyclic) bond motifs is 1. The minimum absolute atomic E-state index is 0.474. The molecule has 7 nitrogen and oxygen atoms in total. The summed E-state index contributed by atoms with van der Waals surface area (Å²) in [5, 5.41) is 19.9. The Morgan fingerprint density at radius 3 is 2.62 bits per heavy atom. The van der Waals surface area contributed by atoms with Crippen molar-refractivity contribution in [3.63, 3.8) is 0 Å². The van der Waals surface area contributed by atoms with E-state index in [2.05, 4.69) is 5.32 Å². The molecule has 21 heavy (non-hydrogen) atoms. The quantitative estimate of drug-likeness (QED) is 0.769. The Morgan fingerprint density at radius 2 is 1.95 bits per heavy atom. The van der Waals surface area contributed by atoms with Crippen molar-refractivity contribution in [1.29, 1.82) is 0 Å². The van der Waals surface area contributed by atoms with Crippen LogP contribution in [-0.2, 0) is 16.0 Å². The van der Waals surface area contributed by atoms with Gasteiger partial charge in [-0.3, -0.25) is 9.69 Å². The number of urea groups is 1. The average Bonchev–Trinajstić information content (AvgIpc) is 2.45. The number of aliphatic carboxylic acids is 2. The van der Waals surface area contributed by atoms with Gasteiger partial charge in [0.05, 0.1) is 6.42 Å². The number of carbonyl (C=O) groups is 3. The number of carboxylic acid groups (broad SMARTS) is 2. The molecule has 1 aromatic rings. The van der Waals surface area contributed by atoms with E-state index in [4.69, 9.17) is 10.2 Å². The zero-order chi connectivity index (χ0) is 15.4. The van der Waals surface area contributed by atoms with Gasteiger partial charge in [0.25, 0.3) is 0 Å². The molecule has 0 aliphatic carbocycles. The number of nitrogens with zero attached hydrogens (tertiary/aromatic N) is 1. The molecule has 112 valence electrons. The molecule has 2 amide bonds. The van der Waals surface area contributed by atoms with Gasteiger partial charge >= 0.3 is 18.0 Å². The number of nitrogens with one attached hydrogen (secondary N) is 1. The van der Waals surface area contributed by atoms with Gasteiger partial charge in [-0.05, 0) is 24.5 Å². The molecule has 7 heteroatoms. The van der Waals surface area contributed by atoms with Crippen molar-refractivity contribution in [3.8, 4) is 0 Å². The second-order valence-electron chi connectivity index (χ2n) is 4.82. The van der Waals surface area contributed by atoms with Crippen LogP contribution in [0.5, 0.6) is 0 Å². The van der Waals surface area contributed by atoms with Gasteiger partial charge in [0.15, 0.2) is 0 Å². The molecule has 0 saturated carbocycles. The summed E-state index contributed by atoms with van der Waals surface area (Å²) >= 11 is 0.